The van der Waals surface area contributed by atoms with Crippen molar-refractivity contribution < 1.29 is 9.16 Å². The van der Waals surface area contributed by atoms with Crippen molar-refractivity contribution in [1.29, 1.82) is 0 Å². The van der Waals surface area contributed by atoms with E-state index in [-0.39, 0.29) is 12.5 Å². The van der Waals surface area contributed by atoms with E-state index in [1.54, 1.807) is 12.3 Å². The van der Waals surface area contributed by atoms with Gasteiger partial charge in [-0.05, 0) is 48.8 Å². The fraction of sp³-hybridized carbons (Fsp3) is 0.500. The summed E-state index contributed by atoms with van der Waals surface area (Å²) >= 11 is 3.50. The Hall–Kier alpha value is -1.44. The predicted molar refractivity (Wildman–Crippen MR) is 120 cm³/mol. The molecule has 0 spiro atoms. The zero-order chi connectivity index (χ0) is 19.4. The summed E-state index contributed by atoms with van der Waals surface area (Å²) in [6.45, 7) is 14.2. The van der Waals surface area contributed by atoms with Crippen molar-refractivity contribution in [3.8, 4) is 5.88 Å². The standard InChI is InChI=1S/C19H28BrN3O2Si.CH4/c1-14-11-15(20)13-16(12-14)22-18-21-8-7-17(23-18)24-9-10-25-26(5,6)19(2,3)4;/h7-8,11-13H,9-10H2,1-6H3,(H,21,22,23);1H4. The van der Waals surface area contributed by atoms with Gasteiger partial charge in [-0.15, -0.1) is 0 Å². The average molecular weight is 454 g/mol. The van der Waals surface area contributed by atoms with Crippen LogP contribution in [0.5, 0.6) is 5.88 Å². The molecule has 0 fully saturated rings. The van der Waals surface area contributed by atoms with Gasteiger partial charge in [-0.2, -0.15) is 4.98 Å². The first-order chi connectivity index (χ1) is 12.1. The Labute approximate surface area is 173 Å². The molecule has 1 aromatic carbocycles. The maximum absolute atomic E-state index is 6.12. The van der Waals surface area contributed by atoms with Crippen LogP contribution in [0.4, 0.5) is 11.6 Å². The summed E-state index contributed by atoms with van der Waals surface area (Å²) in [5.41, 5.74) is 2.08. The first kappa shape index (κ1) is 23.6. The molecule has 27 heavy (non-hydrogen) atoms. The third kappa shape index (κ3) is 7.24. The van der Waals surface area contributed by atoms with E-state index in [1.165, 1.54) is 0 Å². The number of aromatic nitrogens is 2. The summed E-state index contributed by atoms with van der Waals surface area (Å²) < 4.78 is 12.9. The molecule has 0 unspecified atom stereocenters. The van der Waals surface area contributed by atoms with Crippen molar-refractivity contribution in [3.63, 3.8) is 0 Å². The quantitative estimate of drug-likeness (QED) is 0.392. The minimum absolute atomic E-state index is 0. The number of aryl methyl sites for hydroxylation is 1. The summed E-state index contributed by atoms with van der Waals surface area (Å²) in [4.78, 5) is 8.66. The highest BCUT2D eigenvalue weighted by atomic mass is 79.9. The van der Waals surface area contributed by atoms with Crippen LogP contribution in [0.25, 0.3) is 0 Å². The van der Waals surface area contributed by atoms with Crippen LogP contribution in [0.15, 0.2) is 34.9 Å². The molecule has 1 aromatic heterocycles. The first-order valence-electron chi connectivity index (χ1n) is 8.71. The van der Waals surface area contributed by atoms with Crippen LogP contribution >= 0.6 is 15.9 Å². The molecule has 0 atom stereocenters. The number of halogens is 1. The second kappa shape index (κ2) is 9.66. The van der Waals surface area contributed by atoms with Gasteiger partial charge in [-0.25, -0.2) is 4.98 Å². The number of ether oxygens (including phenoxy) is 1. The van der Waals surface area contributed by atoms with Gasteiger partial charge in [0.05, 0.1) is 6.61 Å². The Kier molecular flexibility index (Phi) is 8.44. The highest BCUT2D eigenvalue weighted by molar-refractivity contribution is 9.10. The fourth-order valence-corrected chi connectivity index (χ4v) is 3.71. The van der Waals surface area contributed by atoms with E-state index >= 15 is 0 Å². The van der Waals surface area contributed by atoms with Crippen molar-refractivity contribution in [2.75, 3.05) is 18.5 Å². The molecule has 5 nitrogen and oxygen atoms in total. The molecule has 0 radical (unpaired) electrons. The second-order valence-corrected chi connectivity index (χ2v) is 13.5. The summed E-state index contributed by atoms with van der Waals surface area (Å²) in [5.74, 6) is 1.04. The molecule has 0 aliphatic rings. The van der Waals surface area contributed by atoms with Crippen LogP contribution in [0, 0.1) is 6.92 Å². The van der Waals surface area contributed by atoms with Crippen LogP contribution in [0.1, 0.15) is 33.8 Å². The monoisotopic (exact) mass is 453 g/mol. The largest absolute Gasteiger partial charge is 0.475 e. The summed E-state index contributed by atoms with van der Waals surface area (Å²) in [6.07, 6.45) is 1.68. The van der Waals surface area contributed by atoms with Crippen molar-refractivity contribution in [3.05, 3.63) is 40.5 Å². The third-order valence-corrected chi connectivity index (χ3v) is 9.53. The van der Waals surface area contributed by atoms with Crippen LogP contribution in [-0.4, -0.2) is 31.5 Å². The number of rotatable bonds is 7. The van der Waals surface area contributed by atoms with Crippen LogP contribution < -0.4 is 10.1 Å². The number of anilines is 2. The van der Waals surface area contributed by atoms with Crippen molar-refractivity contribution in [1.82, 2.24) is 9.97 Å². The fourth-order valence-electron chi connectivity index (χ4n) is 2.08. The lowest BCUT2D eigenvalue weighted by atomic mass is 10.2. The van der Waals surface area contributed by atoms with Crippen LogP contribution in [-0.2, 0) is 4.43 Å². The number of nitrogens with zero attached hydrogens (tertiary/aromatic N) is 2. The summed E-state index contributed by atoms with van der Waals surface area (Å²) in [5, 5.41) is 3.40. The number of hydrogen-bond donors (Lipinski definition) is 1. The molecular weight excluding hydrogens is 422 g/mol. The number of hydrogen-bond acceptors (Lipinski definition) is 5. The van der Waals surface area contributed by atoms with Gasteiger partial charge in [-0.3, -0.25) is 0 Å². The maximum atomic E-state index is 6.12. The SMILES string of the molecule is C.Cc1cc(Br)cc(Nc2nccc(OCCO[Si](C)(C)C(C)(C)C)n2)c1. The van der Waals surface area contributed by atoms with Crippen molar-refractivity contribution in [2.24, 2.45) is 0 Å². The molecule has 7 heteroatoms. The van der Waals surface area contributed by atoms with Gasteiger partial charge in [0.15, 0.2) is 8.32 Å². The molecule has 1 heterocycles. The highest BCUT2D eigenvalue weighted by Crippen LogP contribution is 2.36. The maximum Gasteiger partial charge on any atom is 0.230 e. The van der Waals surface area contributed by atoms with Crippen molar-refractivity contribution in [2.45, 2.75) is 53.3 Å². The Morgan fingerprint density at radius 3 is 2.48 bits per heavy atom. The van der Waals surface area contributed by atoms with Gasteiger partial charge in [0, 0.05) is 22.4 Å². The molecule has 2 rings (SSSR count). The smallest absolute Gasteiger partial charge is 0.230 e. The molecule has 0 aliphatic heterocycles. The third-order valence-electron chi connectivity index (χ3n) is 4.53. The molecule has 1 N–H and O–H groups in total. The summed E-state index contributed by atoms with van der Waals surface area (Å²) in [6, 6.07) is 7.82. The van der Waals surface area contributed by atoms with Crippen LogP contribution in [0.3, 0.4) is 0 Å². The first-order valence-corrected chi connectivity index (χ1v) is 12.4. The lowest BCUT2D eigenvalue weighted by Gasteiger charge is -2.36. The Balaban J connectivity index is 0.00000364. The zero-order valence-corrected chi connectivity index (χ0v) is 19.0. The van der Waals surface area contributed by atoms with E-state index in [2.05, 4.69) is 65.1 Å². The van der Waals surface area contributed by atoms with E-state index in [0.29, 0.717) is 25.0 Å². The molecule has 2 aromatic rings. The highest BCUT2D eigenvalue weighted by Gasteiger charge is 2.36. The van der Waals surface area contributed by atoms with Gasteiger partial charge in [0.2, 0.25) is 11.8 Å². The Morgan fingerprint density at radius 2 is 1.85 bits per heavy atom. The van der Waals surface area contributed by atoms with Gasteiger partial charge in [0.25, 0.3) is 0 Å². The lowest BCUT2D eigenvalue weighted by Crippen LogP contribution is -2.41. The number of nitrogens with one attached hydrogen (secondary N) is 1. The topological polar surface area (TPSA) is 56.3 Å². The average Bonchev–Trinajstić information content (AvgIpc) is 2.50. The van der Waals surface area contributed by atoms with Gasteiger partial charge in [-0.1, -0.05) is 44.1 Å². The molecular formula is C20H32BrN3O2Si. The molecule has 0 saturated carbocycles. The normalized spacial score (nSPS) is 11.7. The minimum atomic E-state index is -1.75. The van der Waals surface area contributed by atoms with Gasteiger partial charge >= 0.3 is 0 Å². The van der Waals surface area contributed by atoms with E-state index in [4.69, 9.17) is 9.16 Å². The van der Waals surface area contributed by atoms with Crippen LogP contribution in [0.2, 0.25) is 18.1 Å². The summed E-state index contributed by atoms with van der Waals surface area (Å²) in [7, 11) is -1.75. The van der Waals surface area contributed by atoms with Crippen molar-refractivity contribution >= 4 is 35.9 Å². The van der Waals surface area contributed by atoms with E-state index in [0.717, 1.165) is 15.7 Å². The van der Waals surface area contributed by atoms with Gasteiger partial charge < -0.3 is 14.5 Å². The molecule has 0 saturated heterocycles. The van der Waals surface area contributed by atoms with E-state index in [9.17, 15) is 0 Å². The second-order valence-electron chi connectivity index (χ2n) is 7.82. The predicted octanol–water partition coefficient (Wildman–Crippen LogP) is 6.33. The molecule has 0 bridgehead atoms. The molecule has 150 valence electrons. The van der Waals surface area contributed by atoms with E-state index < -0.39 is 8.32 Å². The van der Waals surface area contributed by atoms with E-state index in [1.807, 2.05) is 25.1 Å². The molecule has 0 aliphatic carbocycles. The Bertz CT molecular complexity index is 728. The zero-order valence-electron chi connectivity index (χ0n) is 16.4. The molecule has 0 amide bonds. The van der Waals surface area contributed by atoms with Gasteiger partial charge in [0.1, 0.15) is 6.61 Å². The Morgan fingerprint density at radius 1 is 1.15 bits per heavy atom. The lowest BCUT2D eigenvalue weighted by molar-refractivity contribution is 0.199. The minimum Gasteiger partial charge on any atom is -0.475 e. The number of benzene rings is 1.